The van der Waals surface area contributed by atoms with E-state index in [9.17, 15) is 22.8 Å². The smallest absolute Gasteiger partial charge is 0.384 e. The summed E-state index contributed by atoms with van der Waals surface area (Å²) in [5, 5.41) is 14.9. The summed E-state index contributed by atoms with van der Waals surface area (Å²) >= 11 is 5.67. The lowest BCUT2D eigenvalue weighted by Crippen LogP contribution is -2.30. The number of hydrogen-bond acceptors (Lipinski definition) is 6. The van der Waals surface area contributed by atoms with Crippen LogP contribution >= 0.6 is 11.6 Å². The van der Waals surface area contributed by atoms with E-state index in [0.29, 0.717) is 5.69 Å². The summed E-state index contributed by atoms with van der Waals surface area (Å²) < 4.78 is 39.6. The third-order valence-electron chi connectivity index (χ3n) is 6.41. The molecule has 0 saturated carbocycles. The number of carbonyl (C=O) groups excluding carboxylic acids is 2. The number of amides is 2. The highest BCUT2D eigenvalue weighted by Crippen LogP contribution is 2.35. The van der Waals surface area contributed by atoms with Gasteiger partial charge in [0.25, 0.3) is 11.8 Å². The number of piperidine rings is 1. The molecule has 1 aliphatic heterocycles. The summed E-state index contributed by atoms with van der Waals surface area (Å²) in [5.74, 6) is 4.04. The molecule has 2 heterocycles. The second kappa shape index (κ2) is 14.0. The first-order valence-electron chi connectivity index (χ1n) is 13.1. The average molecular weight is 598 g/mol. The van der Waals surface area contributed by atoms with Crippen LogP contribution in [0.15, 0.2) is 59.7 Å². The Bertz CT molecular complexity index is 1540. The molecule has 218 valence electrons. The summed E-state index contributed by atoms with van der Waals surface area (Å²) in [6, 6.07) is 13.2. The maximum absolute atomic E-state index is 13.2. The number of aromatic nitrogens is 1. The van der Waals surface area contributed by atoms with Gasteiger partial charge in [-0.3, -0.25) is 9.59 Å². The van der Waals surface area contributed by atoms with Gasteiger partial charge in [-0.25, -0.2) is 10.4 Å². The first kappa shape index (κ1) is 30.6. The van der Waals surface area contributed by atoms with E-state index in [1.165, 1.54) is 12.1 Å². The number of halogens is 4. The molecule has 0 unspecified atom stereocenters. The number of nitrogens with zero attached hydrogens (tertiary/aromatic N) is 3. The van der Waals surface area contributed by atoms with Gasteiger partial charge in [-0.1, -0.05) is 35.6 Å². The van der Waals surface area contributed by atoms with Gasteiger partial charge < -0.3 is 15.3 Å². The summed E-state index contributed by atoms with van der Waals surface area (Å²) in [5.41, 5.74) is 3.14. The minimum Gasteiger partial charge on any atom is -0.384 e. The number of aliphatic hydroxyl groups excluding tert-OH is 1. The van der Waals surface area contributed by atoms with E-state index < -0.39 is 28.6 Å². The monoisotopic (exact) mass is 597 g/mol. The normalized spacial score (nSPS) is 13.4. The van der Waals surface area contributed by atoms with Gasteiger partial charge in [-0.05, 0) is 67.3 Å². The zero-order valence-electron chi connectivity index (χ0n) is 22.3. The van der Waals surface area contributed by atoms with Gasteiger partial charge in [0.2, 0.25) is 0 Å². The predicted molar refractivity (Wildman–Crippen MR) is 155 cm³/mol. The number of benzene rings is 2. The van der Waals surface area contributed by atoms with Crippen molar-refractivity contribution in [2.75, 3.05) is 29.9 Å². The fourth-order valence-corrected chi connectivity index (χ4v) is 4.57. The second-order valence-corrected chi connectivity index (χ2v) is 9.78. The predicted octanol–water partition coefficient (Wildman–Crippen LogP) is 5.30. The Kier molecular flexibility index (Phi) is 10.2. The summed E-state index contributed by atoms with van der Waals surface area (Å²) in [6.45, 7) is 1.36. The first-order chi connectivity index (χ1) is 20.2. The first-order valence-corrected chi connectivity index (χ1v) is 13.5. The van der Waals surface area contributed by atoms with Crippen molar-refractivity contribution in [2.24, 2.45) is 5.10 Å². The number of anilines is 2. The molecule has 2 amide bonds. The van der Waals surface area contributed by atoms with Gasteiger partial charge >= 0.3 is 6.18 Å². The number of carbonyl (C=O) groups is 2. The minimum absolute atomic E-state index is 0.0808. The van der Waals surface area contributed by atoms with Crippen LogP contribution in [-0.2, 0) is 12.6 Å². The van der Waals surface area contributed by atoms with Crippen LogP contribution in [-0.4, -0.2) is 47.8 Å². The average Bonchev–Trinajstić information content (AvgIpc) is 2.98. The fourth-order valence-electron chi connectivity index (χ4n) is 4.34. The second-order valence-electron chi connectivity index (χ2n) is 9.37. The Morgan fingerprint density at radius 3 is 2.57 bits per heavy atom. The highest BCUT2D eigenvalue weighted by molar-refractivity contribution is 6.31. The molecular formula is C30H27ClF3N5O3. The topological polar surface area (TPSA) is 107 Å². The standard InChI is InChI=1S/C30H27ClF3N5O3/c31-25-12-10-20(17-24(25)30(32,33)34)19-35-38-28(41)23-18-22(39-14-3-1-4-15-39)11-13-26(23)37-29(42)27-9-6-8-21(36-27)7-2-5-16-40/h6,8-13,17-19,40H,1,3-4,7,14-16H2,(H,37,42)(H,38,41)/b35-19+. The Labute approximate surface area is 245 Å². The van der Waals surface area contributed by atoms with Crippen LogP contribution in [0, 0.1) is 11.8 Å². The lowest BCUT2D eigenvalue weighted by atomic mass is 10.1. The van der Waals surface area contributed by atoms with Crippen molar-refractivity contribution < 1.29 is 27.9 Å². The van der Waals surface area contributed by atoms with Gasteiger partial charge in [0.15, 0.2) is 0 Å². The number of rotatable bonds is 7. The molecule has 1 saturated heterocycles. The van der Waals surface area contributed by atoms with Crippen LogP contribution < -0.4 is 15.6 Å². The van der Waals surface area contributed by atoms with Crippen LogP contribution in [0.2, 0.25) is 5.02 Å². The highest BCUT2D eigenvalue weighted by Gasteiger charge is 2.33. The lowest BCUT2D eigenvalue weighted by molar-refractivity contribution is -0.137. The molecule has 0 aliphatic carbocycles. The molecule has 0 bridgehead atoms. The molecule has 4 rings (SSSR count). The Balaban J connectivity index is 1.57. The lowest BCUT2D eigenvalue weighted by Gasteiger charge is -2.29. The van der Waals surface area contributed by atoms with E-state index in [2.05, 4.69) is 37.6 Å². The molecule has 0 atom stereocenters. The number of nitrogens with one attached hydrogen (secondary N) is 2. The molecule has 0 spiro atoms. The number of hydrogen-bond donors (Lipinski definition) is 3. The van der Waals surface area contributed by atoms with Gasteiger partial charge in [0, 0.05) is 18.8 Å². The molecule has 3 N–H and O–H groups in total. The summed E-state index contributed by atoms with van der Waals surface area (Å²) in [7, 11) is 0. The largest absolute Gasteiger partial charge is 0.417 e. The Hall–Kier alpha value is -4.40. The minimum atomic E-state index is -4.65. The summed E-state index contributed by atoms with van der Waals surface area (Å²) in [4.78, 5) is 32.8. The number of hydrazone groups is 1. The van der Waals surface area contributed by atoms with Gasteiger partial charge in [0.1, 0.15) is 12.3 Å². The van der Waals surface area contributed by atoms with E-state index in [1.54, 1.807) is 24.3 Å². The van der Waals surface area contributed by atoms with Gasteiger partial charge in [-0.15, -0.1) is 0 Å². The maximum atomic E-state index is 13.2. The molecule has 2 aromatic carbocycles. The molecule has 0 radical (unpaired) electrons. The Morgan fingerprint density at radius 2 is 1.83 bits per heavy atom. The molecule has 42 heavy (non-hydrogen) atoms. The van der Waals surface area contributed by atoms with Crippen molar-refractivity contribution in [3.8, 4) is 11.8 Å². The van der Waals surface area contributed by atoms with E-state index >= 15 is 0 Å². The molecular weight excluding hydrogens is 571 g/mol. The Morgan fingerprint density at radius 1 is 1.05 bits per heavy atom. The van der Waals surface area contributed by atoms with E-state index in [-0.39, 0.29) is 35.5 Å². The molecule has 1 fully saturated rings. The van der Waals surface area contributed by atoms with Crippen molar-refractivity contribution in [1.29, 1.82) is 0 Å². The maximum Gasteiger partial charge on any atom is 0.417 e. The molecule has 1 aromatic heterocycles. The van der Waals surface area contributed by atoms with Crippen LogP contribution in [0.4, 0.5) is 24.5 Å². The van der Waals surface area contributed by atoms with Crippen molar-refractivity contribution in [1.82, 2.24) is 10.4 Å². The SMILES string of the molecule is O=C(Nc1ccc(N2CCCCC2)cc1C(=O)N/N=C/c1ccc(Cl)c(C(F)(F)F)c1)c1cccc(CC#CCO)n1. The zero-order valence-corrected chi connectivity index (χ0v) is 23.1. The van der Waals surface area contributed by atoms with E-state index in [1.807, 2.05) is 6.07 Å². The van der Waals surface area contributed by atoms with E-state index in [0.717, 1.165) is 56.4 Å². The van der Waals surface area contributed by atoms with Crippen molar-refractivity contribution in [3.05, 3.63) is 87.7 Å². The third kappa shape index (κ3) is 8.09. The van der Waals surface area contributed by atoms with Gasteiger partial charge in [-0.2, -0.15) is 18.3 Å². The summed E-state index contributed by atoms with van der Waals surface area (Å²) in [6.07, 6.45) is -0.189. The third-order valence-corrected chi connectivity index (χ3v) is 6.74. The van der Waals surface area contributed by atoms with Crippen molar-refractivity contribution in [2.45, 2.75) is 31.9 Å². The molecule has 3 aromatic rings. The van der Waals surface area contributed by atoms with Crippen LogP contribution in [0.3, 0.4) is 0 Å². The zero-order chi connectivity index (χ0) is 30.1. The van der Waals surface area contributed by atoms with E-state index in [4.69, 9.17) is 16.7 Å². The van der Waals surface area contributed by atoms with Crippen LogP contribution in [0.25, 0.3) is 0 Å². The highest BCUT2D eigenvalue weighted by atomic mass is 35.5. The van der Waals surface area contributed by atoms with Crippen LogP contribution in [0.1, 0.15) is 56.9 Å². The molecule has 12 heteroatoms. The number of pyridine rings is 1. The van der Waals surface area contributed by atoms with Crippen molar-refractivity contribution >= 4 is 41.0 Å². The van der Waals surface area contributed by atoms with Crippen LogP contribution in [0.5, 0.6) is 0 Å². The van der Waals surface area contributed by atoms with Gasteiger partial charge in [0.05, 0.1) is 40.2 Å². The fraction of sp³-hybridized carbons (Fsp3) is 0.267. The van der Waals surface area contributed by atoms with Crippen molar-refractivity contribution in [3.63, 3.8) is 0 Å². The number of aliphatic hydroxyl groups is 1. The number of alkyl halides is 3. The molecule has 8 nitrogen and oxygen atoms in total. The molecule has 1 aliphatic rings. The quantitative estimate of drug-likeness (QED) is 0.195.